The van der Waals surface area contributed by atoms with Crippen LogP contribution in [-0.2, 0) is 4.79 Å². The highest BCUT2D eigenvalue weighted by Crippen LogP contribution is 2.26. The van der Waals surface area contributed by atoms with Gasteiger partial charge in [-0.15, -0.1) is 0 Å². The molecule has 1 aliphatic carbocycles. The van der Waals surface area contributed by atoms with Crippen molar-refractivity contribution in [1.82, 2.24) is 5.32 Å². The number of urea groups is 1. The lowest BCUT2D eigenvalue weighted by Gasteiger charge is -2.14. The standard InChI is InChI=1S/C14H17ClN2O3/c1-8-2-4-10(15)7-12(8)17-14(20)16-11-5-3-9(6-11)13(18)19/h2,4,7,9,11H,3,5-6H2,1H3,(H,18,19)(H2,16,17,20)/t9-,11+/m1/s1. The zero-order valence-corrected chi connectivity index (χ0v) is 11.9. The van der Waals surface area contributed by atoms with Gasteiger partial charge in [0.2, 0.25) is 0 Å². The van der Waals surface area contributed by atoms with E-state index in [9.17, 15) is 9.59 Å². The lowest BCUT2D eigenvalue weighted by molar-refractivity contribution is -0.141. The Balaban J connectivity index is 1.90. The molecule has 1 saturated carbocycles. The summed E-state index contributed by atoms with van der Waals surface area (Å²) >= 11 is 5.89. The van der Waals surface area contributed by atoms with Crippen LogP contribution in [0.25, 0.3) is 0 Å². The lowest BCUT2D eigenvalue weighted by atomic mass is 10.1. The SMILES string of the molecule is Cc1ccc(Cl)cc1NC(=O)N[C@H]1CC[C@@H](C(=O)O)C1. The first-order chi connectivity index (χ1) is 9.45. The number of anilines is 1. The summed E-state index contributed by atoms with van der Waals surface area (Å²) in [6.07, 6.45) is 1.78. The summed E-state index contributed by atoms with van der Waals surface area (Å²) in [5.41, 5.74) is 1.57. The molecule has 3 N–H and O–H groups in total. The highest BCUT2D eigenvalue weighted by molar-refractivity contribution is 6.31. The number of rotatable bonds is 3. The number of hydrogen-bond donors (Lipinski definition) is 3. The van der Waals surface area contributed by atoms with Crippen LogP contribution >= 0.6 is 11.6 Å². The molecule has 20 heavy (non-hydrogen) atoms. The molecule has 0 spiro atoms. The minimum Gasteiger partial charge on any atom is -0.481 e. The van der Waals surface area contributed by atoms with Gasteiger partial charge in [0.05, 0.1) is 5.92 Å². The van der Waals surface area contributed by atoms with Gasteiger partial charge in [-0.1, -0.05) is 17.7 Å². The maximum Gasteiger partial charge on any atom is 0.319 e. The molecular weight excluding hydrogens is 280 g/mol. The van der Waals surface area contributed by atoms with E-state index in [2.05, 4.69) is 10.6 Å². The van der Waals surface area contributed by atoms with Gasteiger partial charge in [-0.25, -0.2) is 4.79 Å². The van der Waals surface area contributed by atoms with Crippen LogP contribution in [0.4, 0.5) is 10.5 Å². The number of nitrogens with one attached hydrogen (secondary N) is 2. The molecule has 5 nitrogen and oxygen atoms in total. The molecule has 2 amide bonds. The van der Waals surface area contributed by atoms with Crippen LogP contribution in [0, 0.1) is 12.8 Å². The molecule has 1 aliphatic rings. The van der Waals surface area contributed by atoms with E-state index in [0.717, 1.165) is 5.56 Å². The predicted molar refractivity (Wildman–Crippen MR) is 77.1 cm³/mol. The highest BCUT2D eigenvalue weighted by atomic mass is 35.5. The maximum atomic E-state index is 11.9. The minimum absolute atomic E-state index is 0.0874. The third kappa shape index (κ3) is 3.63. The van der Waals surface area contributed by atoms with Gasteiger partial charge < -0.3 is 15.7 Å². The fraction of sp³-hybridized carbons (Fsp3) is 0.429. The fourth-order valence-electron chi connectivity index (χ4n) is 2.41. The van der Waals surface area contributed by atoms with Crippen molar-refractivity contribution >= 4 is 29.3 Å². The van der Waals surface area contributed by atoms with E-state index >= 15 is 0 Å². The van der Waals surface area contributed by atoms with Gasteiger partial charge in [0.1, 0.15) is 0 Å². The topological polar surface area (TPSA) is 78.4 Å². The van der Waals surface area contributed by atoms with Crippen LogP contribution in [0.5, 0.6) is 0 Å². The zero-order valence-electron chi connectivity index (χ0n) is 11.1. The molecule has 0 bridgehead atoms. The summed E-state index contributed by atoms with van der Waals surface area (Å²) in [7, 11) is 0. The number of aliphatic carboxylic acids is 1. The molecule has 108 valence electrons. The Morgan fingerprint density at radius 2 is 2.10 bits per heavy atom. The van der Waals surface area contributed by atoms with Crippen molar-refractivity contribution in [3.8, 4) is 0 Å². The van der Waals surface area contributed by atoms with Gasteiger partial charge in [-0.05, 0) is 43.9 Å². The Labute approximate surface area is 122 Å². The molecular formula is C14H17ClN2O3. The van der Waals surface area contributed by atoms with Gasteiger partial charge in [-0.3, -0.25) is 4.79 Å². The number of carboxylic acid groups (broad SMARTS) is 1. The van der Waals surface area contributed by atoms with Crippen LogP contribution in [0.2, 0.25) is 5.02 Å². The molecule has 0 radical (unpaired) electrons. The van der Waals surface area contributed by atoms with Crippen molar-refractivity contribution in [1.29, 1.82) is 0 Å². The van der Waals surface area contributed by atoms with E-state index in [1.54, 1.807) is 12.1 Å². The van der Waals surface area contributed by atoms with Crippen LogP contribution in [-0.4, -0.2) is 23.1 Å². The summed E-state index contributed by atoms with van der Waals surface area (Å²) in [4.78, 5) is 22.8. The smallest absolute Gasteiger partial charge is 0.319 e. The van der Waals surface area contributed by atoms with Crippen molar-refractivity contribution < 1.29 is 14.7 Å². The van der Waals surface area contributed by atoms with E-state index in [-0.39, 0.29) is 18.0 Å². The molecule has 0 unspecified atom stereocenters. The number of carbonyl (C=O) groups is 2. The normalized spacial score (nSPS) is 21.5. The average Bonchev–Trinajstić information content (AvgIpc) is 2.82. The second kappa shape index (κ2) is 6.13. The lowest BCUT2D eigenvalue weighted by Crippen LogP contribution is -2.36. The molecule has 1 fully saturated rings. The Kier molecular flexibility index (Phi) is 4.49. The predicted octanol–water partition coefficient (Wildman–Crippen LogP) is 3.02. The van der Waals surface area contributed by atoms with Crippen molar-refractivity contribution in [3.05, 3.63) is 28.8 Å². The molecule has 2 atom stereocenters. The van der Waals surface area contributed by atoms with Crippen LogP contribution in [0.3, 0.4) is 0 Å². The van der Waals surface area contributed by atoms with E-state index in [1.165, 1.54) is 0 Å². The molecule has 2 rings (SSSR count). The molecule has 6 heteroatoms. The van der Waals surface area contributed by atoms with Crippen molar-refractivity contribution in [3.63, 3.8) is 0 Å². The Morgan fingerprint density at radius 3 is 2.75 bits per heavy atom. The van der Waals surface area contributed by atoms with E-state index in [1.807, 2.05) is 13.0 Å². The monoisotopic (exact) mass is 296 g/mol. The maximum absolute atomic E-state index is 11.9. The molecule has 1 aromatic carbocycles. The minimum atomic E-state index is -0.791. The van der Waals surface area contributed by atoms with Crippen molar-refractivity contribution in [2.24, 2.45) is 5.92 Å². The third-order valence-corrected chi connectivity index (χ3v) is 3.80. The van der Waals surface area contributed by atoms with Crippen LogP contribution < -0.4 is 10.6 Å². The first-order valence-electron chi connectivity index (χ1n) is 6.52. The number of amides is 2. The molecule has 0 aromatic heterocycles. The first-order valence-corrected chi connectivity index (χ1v) is 6.90. The van der Waals surface area contributed by atoms with E-state index < -0.39 is 5.97 Å². The molecule has 0 aliphatic heterocycles. The number of halogens is 1. The van der Waals surface area contributed by atoms with Gasteiger partial charge in [0.15, 0.2) is 0 Å². The zero-order chi connectivity index (χ0) is 14.7. The molecule has 0 saturated heterocycles. The largest absolute Gasteiger partial charge is 0.481 e. The second-order valence-corrected chi connectivity index (χ2v) is 5.54. The van der Waals surface area contributed by atoms with Gasteiger partial charge in [-0.2, -0.15) is 0 Å². The van der Waals surface area contributed by atoms with E-state index in [0.29, 0.717) is 30.0 Å². The fourth-order valence-corrected chi connectivity index (χ4v) is 2.58. The Morgan fingerprint density at radius 1 is 1.35 bits per heavy atom. The van der Waals surface area contributed by atoms with Crippen molar-refractivity contribution in [2.45, 2.75) is 32.2 Å². The molecule has 0 heterocycles. The third-order valence-electron chi connectivity index (χ3n) is 3.56. The summed E-state index contributed by atoms with van der Waals surface area (Å²) in [5.74, 6) is -1.14. The van der Waals surface area contributed by atoms with E-state index in [4.69, 9.17) is 16.7 Å². The van der Waals surface area contributed by atoms with Gasteiger partial charge in [0, 0.05) is 16.8 Å². The van der Waals surface area contributed by atoms with Crippen LogP contribution in [0.15, 0.2) is 18.2 Å². The summed E-state index contributed by atoms with van der Waals surface area (Å²) in [6.45, 7) is 1.88. The summed E-state index contributed by atoms with van der Waals surface area (Å²) in [5, 5.41) is 15.0. The second-order valence-electron chi connectivity index (χ2n) is 5.10. The first kappa shape index (κ1) is 14.7. The summed E-state index contributed by atoms with van der Waals surface area (Å²) in [6, 6.07) is 4.86. The number of carboxylic acids is 1. The highest BCUT2D eigenvalue weighted by Gasteiger charge is 2.30. The quantitative estimate of drug-likeness (QED) is 0.802. The molecule has 1 aromatic rings. The van der Waals surface area contributed by atoms with Crippen LogP contribution in [0.1, 0.15) is 24.8 Å². The van der Waals surface area contributed by atoms with Gasteiger partial charge >= 0.3 is 12.0 Å². The van der Waals surface area contributed by atoms with Gasteiger partial charge in [0.25, 0.3) is 0 Å². The Bertz CT molecular complexity index is 533. The number of aryl methyl sites for hydroxylation is 1. The Hall–Kier alpha value is -1.75. The van der Waals surface area contributed by atoms with Crippen molar-refractivity contribution in [2.75, 3.05) is 5.32 Å². The average molecular weight is 297 g/mol. The number of benzene rings is 1. The number of hydrogen-bond acceptors (Lipinski definition) is 2. The summed E-state index contributed by atoms with van der Waals surface area (Å²) < 4.78 is 0. The number of carbonyl (C=O) groups excluding carboxylic acids is 1.